The molecular formula is C35H52N4O2. The molecule has 1 amide bonds. The first kappa shape index (κ1) is 34.1. The van der Waals surface area contributed by atoms with Crippen LogP contribution in [-0.2, 0) is 16.0 Å². The van der Waals surface area contributed by atoms with Crippen molar-refractivity contribution in [3.8, 4) is 0 Å². The van der Waals surface area contributed by atoms with Crippen LogP contribution in [0.5, 0.6) is 0 Å². The lowest BCUT2D eigenvalue weighted by atomic mass is 10.1. The fraction of sp³-hybridized carbons (Fsp3) is 0.514. The fourth-order valence-corrected chi connectivity index (χ4v) is 4.23. The highest BCUT2D eigenvalue weighted by Crippen LogP contribution is 2.06. The van der Waals surface area contributed by atoms with Crippen LogP contribution >= 0.6 is 0 Å². The van der Waals surface area contributed by atoms with Crippen molar-refractivity contribution in [2.75, 3.05) is 45.9 Å². The van der Waals surface area contributed by atoms with Gasteiger partial charge in [0.15, 0.2) is 0 Å². The van der Waals surface area contributed by atoms with Crippen LogP contribution in [0.4, 0.5) is 0 Å². The highest BCUT2D eigenvalue weighted by atomic mass is 16.5. The molecule has 6 heteroatoms. The first-order chi connectivity index (χ1) is 20.2. The minimum atomic E-state index is 0.0940. The van der Waals surface area contributed by atoms with Crippen molar-refractivity contribution in [2.45, 2.75) is 71.6 Å². The van der Waals surface area contributed by atoms with Crippen LogP contribution in [0.2, 0.25) is 0 Å². The smallest absolute Gasteiger partial charge is 0.220 e. The van der Waals surface area contributed by atoms with E-state index in [-0.39, 0.29) is 5.91 Å². The number of unbranched alkanes of at least 4 members (excludes halogenated alkanes) is 1. The molecule has 2 rings (SSSR count). The molecule has 0 unspecified atom stereocenters. The third-order valence-electron chi connectivity index (χ3n) is 6.75. The standard InChI is InChI=1S/C35H52N4O2/c1-3-4-5-6-7-8-9-10-11-12-13-14-15-16-17-18-19-20-35(40)37-25-24-36-32(2)33-21-22-34(38-31-33)23-26-39-27-29-41-30-28-39/h4-5,7-8,10-11,13-14,16-17,21-22,31H,3,6,9,12,15,18-20,23-30H2,1-2H3,(H,37,40). The Bertz CT molecular complexity index is 1000. The van der Waals surface area contributed by atoms with E-state index in [9.17, 15) is 4.79 Å². The number of allylic oxidation sites excluding steroid dienone is 10. The number of hydrogen-bond donors (Lipinski definition) is 1. The van der Waals surface area contributed by atoms with E-state index < -0.39 is 0 Å². The lowest BCUT2D eigenvalue weighted by Gasteiger charge is -2.26. The van der Waals surface area contributed by atoms with Crippen molar-refractivity contribution in [3.05, 3.63) is 90.3 Å². The highest BCUT2D eigenvalue weighted by molar-refractivity contribution is 5.98. The van der Waals surface area contributed by atoms with E-state index in [0.717, 1.165) is 101 Å². The first-order valence-corrected chi connectivity index (χ1v) is 15.5. The molecule has 1 aromatic rings. The summed E-state index contributed by atoms with van der Waals surface area (Å²) in [5, 5.41) is 2.98. The van der Waals surface area contributed by atoms with E-state index >= 15 is 0 Å². The summed E-state index contributed by atoms with van der Waals surface area (Å²) in [6.07, 6.45) is 32.2. The van der Waals surface area contributed by atoms with Gasteiger partial charge in [-0.15, -0.1) is 0 Å². The van der Waals surface area contributed by atoms with Gasteiger partial charge in [-0.05, 0) is 64.0 Å². The summed E-state index contributed by atoms with van der Waals surface area (Å²) in [5.41, 5.74) is 3.08. The molecule has 1 saturated heterocycles. The van der Waals surface area contributed by atoms with Gasteiger partial charge in [-0.2, -0.15) is 0 Å². The fourth-order valence-electron chi connectivity index (χ4n) is 4.23. The normalized spacial score (nSPS) is 15.4. The maximum absolute atomic E-state index is 12.1. The summed E-state index contributed by atoms with van der Waals surface area (Å²) in [7, 11) is 0. The zero-order chi connectivity index (χ0) is 29.2. The zero-order valence-electron chi connectivity index (χ0n) is 25.5. The molecule has 1 aromatic heterocycles. The Morgan fingerprint density at radius 1 is 0.951 bits per heavy atom. The quantitative estimate of drug-likeness (QED) is 0.108. The summed E-state index contributed by atoms with van der Waals surface area (Å²) in [6, 6.07) is 4.18. The molecule has 224 valence electrons. The average molecular weight is 561 g/mol. The van der Waals surface area contributed by atoms with E-state index in [0.29, 0.717) is 19.5 Å². The molecule has 0 aromatic carbocycles. The number of hydrogen-bond acceptors (Lipinski definition) is 5. The van der Waals surface area contributed by atoms with Crippen LogP contribution < -0.4 is 5.32 Å². The van der Waals surface area contributed by atoms with Crippen LogP contribution in [0.15, 0.2) is 84.1 Å². The van der Waals surface area contributed by atoms with Crippen LogP contribution in [0, 0.1) is 0 Å². The number of nitrogens with one attached hydrogen (secondary N) is 1. The summed E-state index contributed by atoms with van der Waals surface area (Å²) in [5.74, 6) is 0.0940. The Kier molecular flexibility index (Phi) is 19.6. The second-order valence-corrected chi connectivity index (χ2v) is 10.2. The Labute approximate surface area is 249 Å². The number of amides is 1. The second-order valence-electron chi connectivity index (χ2n) is 10.2. The summed E-state index contributed by atoms with van der Waals surface area (Å²) in [6.45, 7) is 9.97. The Balaban J connectivity index is 1.47. The minimum Gasteiger partial charge on any atom is -0.379 e. The van der Waals surface area contributed by atoms with E-state index in [1.165, 1.54) is 0 Å². The molecule has 0 spiro atoms. The maximum Gasteiger partial charge on any atom is 0.220 e. The number of morpholine rings is 1. The second kappa shape index (κ2) is 23.6. The molecule has 1 N–H and O–H groups in total. The van der Waals surface area contributed by atoms with Gasteiger partial charge in [0.1, 0.15) is 0 Å². The zero-order valence-corrected chi connectivity index (χ0v) is 25.5. The van der Waals surface area contributed by atoms with Crippen LogP contribution in [0.25, 0.3) is 0 Å². The molecule has 1 aliphatic rings. The van der Waals surface area contributed by atoms with Gasteiger partial charge in [0.2, 0.25) is 5.91 Å². The lowest BCUT2D eigenvalue weighted by Crippen LogP contribution is -2.37. The first-order valence-electron chi connectivity index (χ1n) is 15.5. The number of rotatable bonds is 20. The highest BCUT2D eigenvalue weighted by Gasteiger charge is 2.10. The van der Waals surface area contributed by atoms with Gasteiger partial charge in [-0.25, -0.2) is 0 Å². The van der Waals surface area contributed by atoms with E-state index in [2.05, 4.69) is 100 Å². The topological polar surface area (TPSA) is 66.8 Å². The molecule has 1 aliphatic heterocycles. The van der Waals surface area contributed by atoms with Crippen molar-refractivity contribution >= 4 is 11.6 Å². The van der Waals surface area contributed by atoms with Gasteiger partial charge in [0, 0.05) is 62.2 Å². The van der Waals surface area contributed by atoms with Gasteiger partial charge >= 0.3 is 0 Å². The summed E-state index contributed by atoms with van der Waals surface area (Å²) in [4.78, 5) is 23.7. The molecule has 0 radical (unpaired) electrons. The van der Waals surface area contributed by atoms with E-state index in [4.69, 9.17) is 4.74 Å². The van der Waals surface area contributed by atoms with Crippen molar-refractivity contribution in [3.63, 3.8) is 0 Å². The van der Waals surface area contributed by atoms with Gasteiger partial charge < -0.3 is 10.1 Å². The predicted molar refractivity (Wildman–Crippen MR) is 174 cm³/mol. The molecule has 0 atom stereocenters. The molecule has 1 fully saturated rings. The average Bonchev–Trinajstić information content (AvgIpc) is 3.00. The number of carbonyl (C=O) groups excluding carboxylic acids is 1. The van der Waals surface area contributed by atoms with Crippen molar-refractivity contribution < 1.29 is 9.53 Å². The molecule has 41 heavy (non-hydrogen) atoms. The lowest BCUT2D eigenvalue weighted by molar-refractivity contribution is -0.121. The van der Waals surface area contributed by atoms with E-state index in [1.807, 2.05) is 13.1 Å². The summed E-state index contributed by atoms with van der Waals surface area (Å²) >= 11 is 0. The predicted octanol–water partition coefficient (Wildman–Crippen LogP) is 6.80. The van der Waals surface area contributed by atoms with Crippen LogP contribution in [0.3, 0.4) is 0 Å². The SMILES string of the molecule is CCC=CCC=CCC=CCC=CCC=CCCCC(=O)NCCN=C(C)c1ccc(CCN2CCOCC2)nc1. The number of pyridine rings is 1. The maximum atomic E-state index is 12.1. The number of aliphatic imine (C=N–C) groups is 1. The van der Waals surface area contributed by atoms with Crippen LogP contribution in [-0.4, -0.2) is 67.4 Å². The number of aromatic nitrogens is 1. The molecular weight excluding hydrogens is 508 g/mol. The van der Waals surface area contributed by atoms with E-state index in [1.54, 1.807) is 0 Å². The van der Waals surface area contributed by atoms with Gasteiger partial charge in [0.25, 0.3) is 0 Å². The molecule has 0 bridgehead atoms. The van der Waals surface area contributed by atoms with Gasteiger partial charge in [0.05, 0.1) is 19.8 Å². The molecule has 0 saturated carbocycles. The molecule has 0 aliphatic carbocycles. The van der Waals surface area contributed by atoms with Crippen molar-refractivity contribution in [1.82, 2.24) is 15.2 Å². The third-order valence-corrected chi connectivity index (χ3v) is 6.75. The Hall–Kier alpha value is -3.09. The van der Waals surface area contributed by atoms with Crippen molar-refractivity contribution in [2.24, 2.45) is 4.99 Å². The summed E-state index contributed by atoms with van der Waals surface area (Å²) < 4.78 is 5.41. The monoisotopic (exact) mass is 560 g/mol. The third kappa shape index (κ3) is 18.1. The Morgan fingerprint density at radius 2 is 1.59 bits per heavy atom. The van der Waals surface area contributed by atoms with Crippen LogP contribution in [0.1, 0.15) is 76.5 Å². The van der Waals surface area contributed by atoms with Gasteiger partial charge in [-0.1, -0.05) is 67.7 Å². The van der Waals surface area contributed by atoms with Gasteiger partial charge in [-0.3, -0.25) is 19.7 Å². The Morgan fingerprint density at radius 3 is 2.20 bits per heavy atom. The number of ether oxygens (including phenoxy) is 1. The largest absolute Gasteiger partial charge is 0.379 e. The molecule has 2 heterocycles. The number of carbonyl (C=O) groups is 1. The molecule has 6 nitrogen and oxygen atoms in total. The number of nitrogens with zero attached hydrogens (tertiary/aromatic N) is 3. The van der Waals surface area contributed by atoms with Crippen molar-refractivity contribution in [1.29, 1.82) is 0 Å². The minimum absolute atomic E-state index is 0.0940.